The van der Waals surface area contributed by atoms with E-state index in [-0.39, 0.29) is 29.4 Å². The predicted molar refractivity (Wildman–Crippen MR) is 131 cm³/mol. The monoisotopic (exact) mass is 513 g/mol. The Bertz CT molecular complexity index is 1480. The van der Waals surface area contributed by atoms with Crippen LogP contribution >= 0.6 is 0 Å². The Kier molecular flexibility index (Phi) is 7.51. The number of furan rings is 1. The fraction of sp³-hybridized carbons (Fsp3) is 0.222. The van der Waals surface area contributed by atoms with Crippen LogP contribution in [0.5, 0.6) is 0 Å². The number of fused-ring (bicyclic) bond motifs is 1. The molecule has 4 aromatic rings. The molecule has 1 aromatic heterocycles. The van der Waals surface area contributed by atoms with Crippen molar-refractivity contribution in [1.82, 2.24) is 4.31 Å². The van der Waals surface area contributed by atoms with Crippen molar-refractivity contribution in [3.8, 4) is 0 Å². The number of hydrogen-bond donors (Lipinski definition) is 0. The fourth-order valence-electron chi connectivity index (χ4n) is 3.94. The Morgan fingerprint density at radius 3 is 2.36 bits per heavy atom. The third kappa shape index (κ3) is 5.17. The van der Waals surface area contributed by atoms with E-state index in [1.807, 2.05) is 30.3 Å². The highest BCUT2D eigenvalue weighted by molar-refractivity contribution is 7.89. The highest BCUT2D eigenvalue weighted by Gasteiger charge is 2.28. The second kappa shape index (κ2) is 10.6. The number of carbonyl (C=O) groups excluding carboxylic acids is 1. The van der Waals surface area contributed by atoms with Crippen molar-refractivity contribution in [2.75, 3.05) is 13.2 Å². The van der Waals surface area contributed by atoms with Crippen LogP contribution in [0.3, 0.4) is 0 Å². The van der Waals surface area contributed by atoms with E-state index >= 15 is 0 Å². The molecule has 0 bridgehead atoms. The average molecular weight is 514 g/mol. The summed E-state index contributed by atoms with van der Waals surface area (Å²) in [7, 11) is -4.19. The summed E-state index contributed by atoms with van der Waals surface area (Å²) in [4.78, 5) is 12.1. The minimum Gasteiger partial charge on any atom is -0.460 e. The first-order chi connectivity index (χ1) is 17.2. The van der Waals surface area contributed by atoms with Crippen LogP contribution in [0.2, 0.25) is 0 Å². The SMILES string of the molecule is CCOC(=O)c1oc2ccc(S(=O)(=O)N(CCc3ccccc3)Cc3c(F)cccc3F)cc2c1C. The van der Waals surface area contributed by atoms with E-state index in [2.05, 4.69) is 0 Å². The molecular weight excluding hydrogens is 488 g/mol. The molecule has 6 nitrogen and oxygen atoms in total. The summed E-state index contributed by atoms with van der Waals surface area (Å²) in [5, 5.41) is 0.430. The first-order valence-corrected chi connectivity index (χ1v) is 12.8. The summed E-state index contributed by atoms with van der Waals surface area (Å²) in [5.74, 6) is -2.30. The predicted octanol–water partition coefficient (Wildman–Crippen LogP) is 5.63. The maximum absolute atomic E-state index is 14.4. The van der Waals surface area contributed by atoms with E-state index in [0.717, 1.165) is 22.0 Å². The number of hydrogen-bond acceptors (Lipinski definition) is 5. The maximum Gasteiger partial charge on any atom is 0.374 e. The lowest BCUT2D eigenvalue weighted by Crippen LogP contribution is -2.33. The normalized spacial score (nSPS) is 11.8. The fourth-order valence-corrected chi connectivity index (χ4v) is 5.38. The van der Waals surface area contributed by atoms with Crippen LogP contribution in [0.4, 0.5) is 8.78 Å². The van der Waals surface area contributed by atoms with Crippen LogP contribution in [0, 0.1) is 18.6 Å². The molecule has 0 saturated carbocycles. The number of carbonyl (C=O) groups is 1. The van der Waals surface area contributed by atoms with E-state index in [9.17, 15) is 22.0 Å². The number of nitrogens with zero attached hydrogens (tertiary/aromatic N) is 1. The van der Waals surface area contributed by atoms with Gasteiger partial charge in [-0.3, -0.25) is 0 Å². The van der Waals surface area contributed by atoms with E-state index in [1.54, 1.807) is 13.8 Å². The summed E-state index contributed by atoms with van der Waals surface area (Å²) in [6.45, 7) is 2.98. The molecule has 3 aromatic carbocycles. The van der Waals surface area contributed by atoms with Crippen LogP contribution in [-0.4, -0.2) is 31.8 Å². The molecule has 0 fully saturated rings. The Hall–Kier alpha value is -3.56. The van der Waals surface area contributed by atoms with Crippen molar-refractivity contribution in [3.63, 3.8) is 0 Å². The lowest BCUT2D eigenvalue weighted by molar-refractivity contribution is 0.0491. The molecule has 0 atom stereocenters. The zero-order chi connectivity index (χ0) is 25.9. The Labute approximate surface area is 208 Å². The second-order valence-corrected chi connectivity index (χ2v) is 10.1. The van der Waals surface area contributed by atoms with E-state index in [0.29, 0.717) is 23.0 Å². The zero-order valence-electron chi connectivity index (χ0n) is 19.8. The van der Waals surface area contributed by atoms with Gasteiger partial charge in [0, 0.05) is 29.6 Å². The van der Waals surface area contributed by atoms with E-state index in [1.165, 1.54) is 24.3 Å². The topological polar surface area (TPSA) is 76.8 Å². The maximum atomic E-state index is 14.4. The molecule has 0 radical (unpaired) electrons. The van der Waals surface area contributed by atoms with E-state index in [4.69, 9.17) is 9.15 Å². The van der Waals surface area contributed by atoms with Gasteiger partial charge in [0.05, 0.1) is 11.5 Å². The Morgan fingerprint density at radius 1 is 1.00 bits per heavy atom. The van der Waals surface area contributed by atoms with Crippen molar-refractivity contribution in [2.45, 2.75) is 31.7 Å². The van der Waals surface area contributed by atoms with Gasteiger partial charge in [-0.25, -0.2) is 22.0 Å². The van der Waals surface area contributed by atoms with Crippen molar-refractivity contribution < 1.29 is 31.1 Å². The summed E-state index contributed by atoms with van der Waals surface area (Å²) in [6.07, 6.45) is 0.343. The summed E-state index contributed by atoms with van der Waals surface area (Å²) < 4.78 is 68.0. The molecule has 0 spiro atoms. The quantitative estimate of drug-likeness (QED) is 0.271. The highest BCUT2D eigenvalue weighted by atomic mass is 32.2. The molecule has 0 amide bonds. The second-order valence-electron chi connectivity index (χ2n) is 8.21. The molecule has 188 valence electrons. The van der Waals surface area contributed by atoms with Crippen LogP contribution in [0.25, 0.3) is 11.0 Å². The number of halogens is 2. The number of esters is 1. The number of aryl methyl sites for hydroxylation is 1. The summed E-state index contributed by atoms with van der Waals surface area (Å²) in [5.41, 5.74) is 1.31. The van der Waals surface area contributed by atoms with Crippen LogP contribution in [0.15, 0.2) is 76.0 Å². The van der Waals surface area contributed by atoms with Crippen molar-refractivity contribution in [2.24, 2.45) is 0 Å². The molecule has 9 heteroatoms. The molecule has 0 aliphatic heterocycles. The first-order valence-electron chi connectivity index (χ1n) is 11.4. The Balaban J connectivity index is 1.73. The van der Waals surface area contributed by atoms with Gasteiger partial charge >= 0.3 is 5.97 Å². The number of rotatable bonds is 9. The third-order valence-electron chi connectivity index (χ3n) is 5.90. The molecule has 1 heterocycles. The standard InChI is InChI=1S/C27H25F2NO5S/c1-3-34-27(31)26-18(2)21-16-20(12-13-25(21)35-26)36(32,33)30(15-14-19-8-5-4-6-9-19)17-22-23(28)10-7-11-24(22)29/h4-13,16H,3,14-15,17H2,1-2H3. The van der Waals surface area contributed by atoms with Crippen molar-refractivity contribution in [1.29, 1.82) is 0 Å². The lowest BCUT2D eigenvalue weighted by atomic mass is 10.1. The minimum atomic E-state index is -4.19. The van der Waals surface area contributed by atoms with Crippen LogP contribution in [-0.2, 0) is 27.7 Å². The van der Waals surface area contributed by atoms with Gasteiger partial charge in [0.25, 0.3) is 0 Å². The molecule has 0 N–H and O–H groups in total. The van der Waals surface area contributed by atoms with Gasteiger partial charge in [0.15, 0.2) is 0 Å². The number of sulfonamides is 1. The zero-order valence-corrected chi connectivity index (χ0v) is 20.6. The summed E-state index contributed by atoms with van der Waals surface area (Å²) >= 11 is 0. The van der Waals surface area contributed by atoms with Crippen LogP contribution < -0.4 is 0 Å². The highest BCUT2D eigenvalue weighted by Crippen LogP contribution is 2.30. The van der Waals surface area contributed by atoms with Gasteiger partial charge in [-0.05, 0) is 56.2 Å². The average Bonchev–Trinajstić information content (AvgIpc) is 3.20. The first kappa shape index (κ1) is 25.5. The Morgan fingerprint density at radius 2 is 1.69 bits per heavy atom. The molecule has 4 rings (SSSR count). The van der Waals surface area contributed by atoms with Gasteiger partial charge in [-0.2, -0.15) is 4.31 Å². The molecular formula is C27H25F2NO5S. The molecule has 0 unspecified atom stereocenters. The van der Waals surface area contributed by atoms with E-state index < -0.39 is 34.2 Å². The largest absolute Gasteiger partial charge is 0.460 e. The third-order valence-corrected chi connectivity index (χ3v) is 7.74. The smallest absolute Gasteiger partial charge is 0.374 e. The van der Waals surface area contributed by atoms with Gasteiger partial charge in [0.2, 0.25) is 15.8 Å². The number of ether oxygens (including phenoxy) is 1. The van der Waals surface area contributed by atoms with Crippen molar-refractivity contribution in [3.05, 3.63) is 101 Å². The van der Waals surface area contributed by atoms with Gasteiger partial charge < -0.3 is 9.15 Å². The van der Waals surface area contributed by atoms with Gasteiger partial charge in [-0.1, -0.05) is 36.4 Å². The van der Waals surface area contributed by atoms with Gasteiger partial charge in [0.1, 0.15) is 17.2 Å². The van der Waals surface area contributed by atoms with Crippen LogP contribution in [0.1, 0.15) is 34.2 Å². The summed E-state index contributed by atoms with van der Waals surface area (Å²) in [6, 6.07) is 16.9. The molecule has 0 aliphatic rings. The minimum absolute atomic E-state index is 0.00337. The number of benzene rings is 3. The lowest BCUT2D eigenvalue weighted by Gasteiger charge is -2.23. The molecule has 36 heavy (non-hydrogen) atoms. The molecule has 0 saturated heterocycles. The molecule has 0 aliphatic carbocycles. The van der Waals surface area contributed by atoms with Crippen molar-refractivity contribution >= 4 is 27.0 Å². The van der Waals surface area contributed by atoms with Gasteiger partial charge in [-0.15, -0.1) is 0 Å².